The van der Waals surface area contributed by atoms with E-state index < -0.39 is 0 Å². The number of hydrogen-bond acceptors (Lipinski definition) is 4. The number of urea groups is 1. The summed E-state index contributed by atoms with van der Waals surface area (Å²) < 4.78 is 5.86. The maximum Gasteiger partial charge on any atom is 0.321 e. The first-order chi connectivity index (χ1) is 12.3. The number of likely N-dealkylation sites (tertiary alicyclic amines) is 1. The number of benzene rings is 1. The fourth-order valence-electron chi connectivity index (χ4n) is 3.06. The van der Waals surface area contributed by atoms with Crippen LogP contribution >= 0.6 is 11.6 Å². The van der Waals surface area contributed by atoms with Gasteiger partial charge in [-0.1, -0.05) is 32.4 Å². The number of anilines is 1. The lowest BCUT2D eigenvalue weighted by Gasteiger charge is -2.31. The third-order valence-corrected chi connectivity index (χ3v) is 4.57. The molecule has 2 amide bonds. The second-order valence-corrected chi connectivity index (χ2v) is 8.43. The molecule has 2 heterocycles. The van der Waals surface area contributed by atoms with Crippen LogP contribution in [0.25, 0.3) is 0 Å². The van der Waals surface area contributed by atoms with Gasteiger partial charge >= 0.3 is 6.03 Å². The Bertz CT molecular complexity index is 752. The van der Waals surface area contributed by atoms with Crippen LogP contribution in [0.15, 0.2) is 28.7 Å². The fourth-order valence-corrected chi connectivity index (χ4v) is 3.18. The van der Waals surface area contributed by atoms with Crippen LogP contribution < -0.4 is 5.32 Å². The van der Waals surface area contributed by atoms with Gasteiger partial charge < -0.3 is 14.6 Å². The number of rotatable bonds is 3. The van der Waals surface area contributed by atoms with E-state index in [4.69, 9.17) is 16.0 Å². The Morgan fingerprint density at radius 3 is 2.73 bits per heavy atom. The minimum Gasteiger partial charge on any atom is -0.425 e. The average molecular weight is 377 g/mol. The van der Waals surface area contributed by atoms with Crippen molar-refractivity contribution >= 4 is 23.3 Å². The molecule has 1 fully saturated rings. The summed E-state index contributed by atoms with van der Waals surface area (Å²) in [6.07, 6.45) is 2.60. The number of nitrogens with one attached hydrogen (secondary N) is 1. The molecule has 6 nitrogen and oxygen atoms in total. The Morgan fingerprint density at radius 1 is 1.31 bits per heavy atom. The molecule has 1 N–H and O–H groups in total. The minimum atomic E-state index is -0.119. The van der Waals surface area contributed by atoms with E-state index in [1.807, 2.05) is 0 Å². The molecule has 1 aromatic heterocycles. The predicted molar refractivity (Wildman–Crippen MR) is 101 cm³/mol. The molecule has 0 aliphatic carbocycles. The van der Waals surface area contributed by atoms with Crippen molar-refractivity contribution in [1.82, 2.24) is 15.1 Å². The van der Waals surface area contributed by atoms with Gasteiger partial charge in [0.05, 0.1) is 5.92 Å². The number of amides is 2. The molecule has 0 bridgehead atoms. The summed E-state index contributed by atoms with van der Waals surface area (Å²) in [5.74, 6) is 1.38. The van der Waals surface area contributed by atoms with Crippen molar-refractivity contribution in [2.75, 3.05) is 18.4 Å². The Balaban J connectivity index is 1.61. The van der Waals surface area contributed by atoms with E-state index in [1.54, 1.807) is 29.2 Å². The first kappa shape index (κ1) is 18.7. The van der Waals surface area contributed by atoms with Gasteiger partial charge in [0.15, 0.2) is 0 Å². The number of aromatic nitrogens is 2. The summed E-state index contributed by atoms with van der Waals surface area (Å²) >= 11 is 5.88. The largest absolute Gasteiger partial charge is 0.425 e. The van der Waals surface area contributed by atoms with Crippen molar-refractivity contribution in [3.63, 3.8) is 0 Å². The van der Waals surface area contributed by atoms with E-state index in [-0.39, 0.29) is 17.4 Å². The lowest BCUT2D eigenvalue weighted by atomic mass is 9.92. The number of halogens is 1. The second kappa shape index (κ2) is 7.66. The van der Waals surface area contributed by atoms with Gasteiger partial charge in [0.1, 0.15) is 0 Å². The first-order valence-corrected chi connectivity index (χ1v) is 9.32. The molecule has 26 heavy (non-hydrogen) atoms. The van der Waals surface area contributed by atoms with Crippen molar-refractivity contribution in [1.29, 1.82) is 0 Å². The molecule has 7 heteroatoms. The molecule has 1 aliphatic heterocycles. The Morgan fingerprint density at radius 2 is 2.04 bits per heavy atom. The van der Waals surface area contributed by atoms with Crippen LogP contribution in [0.3, 0.4) is 0 Å². The molecule has 0 spiro atoms. The van der Waals surface area contributed by atoms with Crippen molar-refractivity contribution in [2.45, 2.75) is 46.0 Å². The topological polar surface area (TPSA) is 71.3 Å². The van der Waals surface area contributed by atoms with Crippen LogP contribution in [0.4, 0.5) is 10.5 Å². The third-order valence-electron chi connectivity index (χ3n) is 4.32. The van der Waals surface area contributed by atoms with E-state index in [0.29, 0.717) is 23.3 Å². The highest BCUT2D eigenvalue weighted by atomic mass is 35.5. The van der Waals surface area contributed by atoms with Crippen LogP contribution in [-0.4, -0.2) is 34.2 Å². The van der Waals surface area contributed by atoms with Crippen LogP contribution in [0.5, 0.6) is 0 Å². The van der Waals surface area contributed by atoms with Crippen molar-refractivity contribution in [3.05, 3.63) is 41.1 Å². The molecule has 1 unspecified atom stereocenters. The molecule has 3 rings (SSSR count). The smallest absolute Gasteiger partial charge is 0.321 e. The second-order valence-electron chi connectivity index (χ2n) is 7.99. The molecule has 2 aromatic rings. The minimum absolute atomic E-state index is 0.0842. The molecule has 0 saturated carbocycles. The normalized spacial score (nSPS) is 18.0. The summed E-state index contributed by atoms with van der Waals surface area (Å²) in [6, 6.07) is 6.97. The van der Waals surface area contributed by atoms with Gasteiger partial charge in [-0.25, -0.2) is 4.79 Å². The monoisotopic (exact) mass is 376 g/mol. The van der Waals surface area contributed by atoms with E-state index in [9.17, 15) is 4.79 Å². The molecular weight excluding hydrogens is 352 g/mol. The summed E-state index contributed by atoms with van der Waals surface area (Å²) in [7, 11) is 0. The van der Waals surface area contributed by atoms with Gasteiger partial charge in [-0.2, -0.15) is 0 Å². The van der Waals surface area contributed by atoms with Crippen LogP contribution in [0.1, 0.15) is 51.3 Å². The standard InChI is InChI=1S/C19H25ClN4O2/c1-19(2,3)11-16-22-23-17(26-16)13-5-4-10-24(12-13)18(25)21-15-8-6-14(20)7-9-15/h6-9,13H,4-5,10-12H2,1-3H3,(H,21,25). The van der Waals surface area contributed by atoms with Gasteiger partial charge in [0.2, 0.25) is 11.8 Å². The third kappa shape index (κ3) is 4.97. The molecule has 140 valence electrons. The first-order valence-electron chi connectivity index (χ1n) is 8.94. The fraction of sp³-hybridized carbons (Fsp3) is 0.526. The van der Waals surface area contributed by atoms with Crippen LogP contribution in [0, 0.1) is 5.41 Å². The average Bonchev–Trinajstić information content (AvgIpc) is 3.03. The zero-order chi connectivity index (χ0) is 18.7. The lowest BCUT2D eigenvalue weighted by molar-refractivity contribution is 0.186. The molecule has 1 atom stereocenters. The number of carbonyl (C=O) groups is 1. The number of piperidine rings is 1. The Hall–Kier alpha value is -2.08. The quantitative estimate of drug-likeness (QED) is 0.841. The van der Waals surface area contributed by atoms with E-state index in [2.05, 4.69) is 36.3 Å². The number of hydrogen-bond donors (Lipinski definition) is 1. The Labute approximate surface area is 158 Å². The Kier molecular flexibility index (Phi) is 5.51. The highest BCUT2D eigenvalue weighted by Gasteiger charge is 2.29. The van der Waals surface area contributed by atoms with Gasteiger partial charge in [-0.05, 0) is 42.5 Å². The maximum atomic E-state index is 12.5. The van der Waals surface area contributed by atoms with Crippen molar-refractivity contribution < 1.29 is 9.21 Å². The number of carbonyl (C=O) groups excluding carboxylic acids is 1. The predicted octanol–water partition coefficient (Wildman–Crippen LogP) is 4.72. The zero-order valence-corrected chi connectivity index (χ0v) is 16.2. The van der Waals surface area contributed by atoms with E-state index >= 15 is 0 Å². The molecule has 1 aliphatic rings. The van der Waals surface area contributed by atoms with Gasteiger partial charge in [-0.3, -0.25) is 0 Å². The highest BCUT2D eigenvalue weighted by molar-refractivity contribution is 6.30. The zero-order valence-electron chi connectivity index (χ0n) is 15.5. The summed E-state index contributed by atoms with van der Waals surface area (Å²) in [6.45, 7) is 7.72. The van der Waals surface area contributed by atoms with Crippen LogP contribution in [0.2, 0.25) is 5.02 Å². The molecular formula is C19H25ClN4O2. The maximum absolute atomic E-state index is 12.5. The summed E-state index contributed by atoms with van der Waals surface area (Å²) in [5.41, 5.74) is 0.827. The number of nitrogens with zero attached hydrogens (tertiary/aromatic N) is 3. The van der Waals surface area contributed by atoms with Gasteiger partial charge in [0.25, 0.3) is 0 Å². The van der Waals surface area contributed by atoms with Gasteiger partial charge in [-0.15, -0.1) is 10.2 Å². The molecule has 1 saturated heterocycles. The summed E-state index contributed by atoms with van der Waals surface area (Å²) in [5, 5.41) is 11.9. The lowest BCUT2D eigenvalue weighted by Crippen LogP contribution is -2.41. The summed E-state index contributed by atoms with van der Waals surface area (Å²) in [4.78, 5) is 14.3. The van der Waals surface area contributed by atoms with E-state index in [0.717, 1.165) is 31.5 Å². The van der Waals surface area contributed by atoms with Crippen LogP contribution in [-0.2, 0) is 6.42 Å². The van der Waals surface area contributed by atoms with Crippen molar-refractivity contribution in [3.8, 4) is 0 Å². The van der Waals surface area contributed by atoms with Gasteiger partial charge in [0, 0.05) is 30.2 Å². The SMILES string of the molecule is CC(C)(C)Cc1nnc(C2CCCN(C(=O)Nc3ccc(Cl)cc3)C2)o1. The van der Waals surface area contributed by atoms with Crippen molar-refractivity contribution in [2.24, 2.45) is 5.41 Å². The highest BCUT2D eigenvalue weighted by Crippen LogP contribution is 2.28. The molecule has 0 radical (unpaired) electrons. The molecule has 1 aromatic carbocycles. The van der Waals surface area contributed by atoms with E-state index in [1.165, 1.54) is 0 Å².